The second-order valence-electron chi connectivity index (χ2n) is 8.60. The zero-order valence-electron chi connectivity index (χ0n) is 16.9. The van der Waals surface area contributed by atoms with Crippen LogP contribution in [0, 0.1) is 17.2 Å². The molecule has 0 spiro atoms. The summed E-state index contributed by atoms with van der Waals surface area (Å²) >= 11 is 0. The molecule has 1 aromatic rings. The first-order valence-electron chi connectivity index (χ1n) is 10.4. The number of amides is 1. The number of nitrogens with zero attached hydrogens (tertiary/aromatic N) is 3. The molecule has 0 radical (unpaired) electrons. The molecule has 1 unspecified atom stereocenters. The summed E-state index contributed by atoms with van der Waals surface area (Å²) in [6, 6.07) is 7.73. The number of hydrogen-bond acceptors (Lipinski definition) is 5. The van der Waals surface area contributed by atoms with Crippen molar-refractivity contribution in [3.8, 4) is 6.07 Å². The lowest BCUT2D eigenvalue weighted by Gasteiger charge is -2.34. The summed E-state index contributed by atoms with van der Waals surface area (Å²) < 4.78 is 27.5. The third kappa shape index (κ3) is 4.18. The normalized spacial score (nSPS) is 22.5. The molecule has 1 saturated heterocycles. The monoisotopic (exact) mass is 416 g/mol. The Hall–Kier alpha value is -1.95. The Labute approximate surface area is 172 Å². The quantitative estimate of drug-likeness (QED) is 0.754. The Bertz CT molecular complexity index is 943. The zero-order valence-corrected chi connectivity index (χ0v) is 17.7. The smallest absolute Gasteiger partial charge is 0.243 e. The highest BCUT2D eigenvalue weighted by Crippen LogP contribution is 2.39. The molecule has 1 N–H and O–H groups in total. The van der Waals surface area contributed by atoms with E-state index in [4.69, 9.17) is 0 Å². The molecular formula is C21H28N4O3S. The van der Waals surface area contributed by atoms with E-state index in [0.717, 1.165) is 37.7 Å². The van der Waals surface area contributed by atoms with Gasteiger partial charge in [-0.15, -0.1) is 0 Å². The van der Waals surface area contributed by atoms with E-state index in [-0.39, 0.29) is 18.4 Å². The van der Waals surface area contributed by atoms with E-state index in [1.54, 1.807) is 13.0 Å². The summed E-state index contributed by atoms with van der Waals surface area (Å²) in [4.78, 5) is 14.7. The van der Waals surface area contributed by atoms with Crippen molar-refractivity contribution in [2.75, 3.05) is 32.7 Å². The van der Waals surface area contributed by atoms with Gasteiger partial charge in [-0.05, 0) is 68.2 Å². The molecule has 3 aliphatic rings. The van der Waals surface area contributed by atoms with Crippen LogP contribution in [0.25, 0.3) is 0 Å². The maximum absolute atomic E-state index is 13.0. The van der Waals surface area contributed by atoms with Crippen LogP contribution in [0.15, 0.2) is 23.1 Å². The Morgan fingerprint density at radius 1 is 1.21 bits per heavy atom. The van der Waals surface area contributed by atoms with Crippen LogP contribution >= 0.6 is 0 Å². The second-order valence-corrected chi connectivity index (χ2v) is 10.5. The molecule has 7 nitrogen and oxygen atoms in total. The first-order valence-corrected chi connectivity index (χ1v) is 11.8. The number of fused-ring (bicyclic) bond motifs is 1. The predicted molar refractivity (Wildman–Crippen MR) is 109 cm³/mol. The van der Waals surface area contributed by atoms with Crippen molar-refractivity contribution in [3.63, 3.8) is 0 Å². The maximum Gasteiger partial charge on any atom is 0.243 e. The Morgan fingerprint density at radius 3 is 2.55 bits per heavy atom. The zero-order chi connectivity index (χ0) is 20.6. The van der Waals surface area contributed by atoms with Crippen LogP contribution in [-0.2, 0) is 27.7 Å². The summed E-state index contributed by atoms with van der Waals surface area (Å²) in [7, 11) is -3.51. The van der Waals surface area contributed by atoms with E-state index in [1.165, 1.54) is 9.87 Å². The Morgan fingerprint density at radius 2 is 1.90 bits per heavy atom. The second kappa shape index (κ2) is 7.71. The van der Waals surface area contributed by atoms with Crippen molar-refractivity contribution in [2.45, 2.75) is 49.5 Å². The van der Waals surface area contributed by atoms with Crippen LogP contribution < -0.4 is 5.32 Å². The topological polar surface area (TPSA) is 93.5 Å². The number of nitriles is 1. The molecule has 1 aromatic carbocycles. The van der Waals surface area contributed by atoms with Gasteiger partial charge < -0.3 is 5.32 Å². The Kier molecular flexibility index (Phi) is 5.40. The minimum absolute atomic E-state index is 0.170. The number of carbonyl (C=O) groups excluding carboxylic acids is 1. The summed E-state index contributed by atoms with van der Waals surface area (Å²) in [5, 5.41) is 12.3. The fraction of sp³-hybridized carbons (Fsp3) is 0.619. The molecule has 1 heterocycles. The summed E-state index contributed by atoms with van der Waals surface area (Å²) in [6.07, 6.45) is 5.02. The highest BCUT2D eigenvalue weighted by Gasteiger charge is 2.43. The average Bonchev–Trinajstić information content (AvgIpc) is 3.46. The van der Waals surface area contributed by atoms with Gasteiger partial charge in [-0.1, -0.05) is 6.07 Å². The minimum atomic E-state index is -3.51. The Balaban J connectivity index is 1.33. The number of aryl methyl sites for hydroxylation is 2. The number of benzene rings is 1. The summed E-state index contributed by atoms with van der Waals surface area (Å²) in [6.45, 7) is 3.71. The van der Waals surface area contributed by atoms with E-state index >= 15 is 0 Å². The minimum Gasteiger partial charge on any atom is -0.337 e. The van der Waals surface area contributed by atoms with Crippen LogP contribution in [0.5, 0.6) is 0 Å². The molecule has 1 saturated carbocycles. The molecule has 0 aromatic heterocycles. The SMILES string of the molecule is CC(C#N)(NC(=O)CN1CCN(S(=O)(=O)c2ccc3c(c2)CCC3)CC1)C1CC1. The van der Waals surface area contributed by atoms with Crippen LogP contribution in [0.2, 0.25) is 0 Å². The number of sulfonamides is 1. The van der Waals surface area contributed by atoms with E-state index in [9.17, 15) is 18.5 Å². The highest BCUT2D eigenvalue weighted by molar-refractivity contribution is 7.89. The third-order valence-corrected chi connectivity index (χ3v) is 8.33. The van der Waals surface area contributed by atoms with Gasteiger partial charge in [0.05, 0.1) is 17.5 Å². The van der Waals surface area contributed by atoms with Gasteiger partial charge >= 0.3 is 0 Å². The van der Waals surface area contributed by atoms with Crippen LogP contribution in [0.3, 0.4) is 0 Å². The van der Waals surface area contributed by atoms with Gasteiger partial charge in [0.2, 0.25) is 15.9 Å². The van der Waals surface area contributed by atoms with Crippen molar-refractivity contribution >= 4 is 15.9 Å². The van der Waals surface area contributed by atoms with E-state index in [0.29, 0.717) is 31.1 Å². The fourth-order valence-corrected chi connectivity index (χ4v) is 5.87. The van der Waals surface area contributed by atoms with E-state index in [2.05, 4.69) is 11.4 Å². The summed E-state index contributed by atoms with van der Waals surface area (Å²) in [5.41, 5.74) is 1.61. The molecule has 1 amide bonds. The van der Waals surface area contributed by atoms with Gasteiger partial charge in [0.15, 0.2) is 0 Å². The lowest BCUT2D eigenvalue weighted by Crippen LogP contribution is -2.54. The number of carbonyl (C=O) groups is 1. The number of rotatable bonds is 6. The first kappa shape index (κ1) is 20.3. The molecule has 156 valence electrons. The molecule has 2 aliphatic carbocycles. The standard InChI is InChI=1S/C21H28N4O3S/c1-21(15-22,18-6-7-18)23-20(26)14-24-9-11-25(12-10-24)29(27,28)19-8-5-16-3-2-4-17(16)13-19/h5,8,13,18H,2-4,6-7,9-12,14H2,1H3,(H,23,26). The molecule has 2 fully saturated rings. The third-order valence-electron chi connectivity index (χ3n) is 6.43. The molecule has 8 heteroatoms. The van der Waals surface area contributed by atoms with Crippen molar-refractivity contribution < 1.29 is 13.2 Å². The van der Waals surface area contributed by atoms with E-state index in [1.807, 2.05) is 17.0 Å². The molecule has 4 rings (SSSR count). The number of hydrogen-bond donors (Lipinski definition) is 1. The van der Waals surface area contributed by atoms with Crippen LogP contribution in [-0.4, -0.2) is 61.8 Å². The maximum atomic E-state index is 13.0. The molecule has 1 aliphatic heterocycles. The molecule has 29 heavy (non-hydrogen) atoms. The number of piperazine rings is 1. The predicted octanol–water partition coefficient (Wildman–Crippen LogP) is 1.29. The largest absolute Gasteiger partial charge is 0.337 e. The van der Waals surface area contributed by atoms with Gasteiger partial charge in [-0.3, -0.25) is 9.69 Å². The van der Waals surface area contributed by atoms with Crippen molar-refractivity contribution in [3.05, 3.63) is 29.3 Å². The van der Waals surface area contributed by atoms with E-state index < -0.39 is 15.6 Å². The van der Waals surface area contributed by atoms with Gasteiger partial charge in [0.1, 0.15) is 5.54 Å². The first-order chi connectivity index (χ1) is 13.8. The fourth-order valence-electron chi connectivity index (χ4n) is 4.40. The number of nitrogens with one attached hydrogen (secondary N) is 1. The highest BCUT2D eigenvalue weighted by atomic mass is 32.2. The summed E-state index contributed by atoms with van der Waals surface area (Å²) in [5.74, 6) is 0.0710. The van der Waals surface area contributed by atoms with Gasteiger partial charge in [-0.2, -0.15) is 9.57 Å². The average molecular weight is 417 g/mol. The van der Waals surface area contributed by atoms with Crippen molar-refractivity contribution in [1.82, 2.24) is 14.5 Å². The van der Waals surface area contributed by atoms with Gasteiger partial charge in [0.25, 0.3) is 0 Å². The van der Waals surface area contributed by atoms with Crippen molar-refractivity contribution in [1.29, 1.82) is 5.26 Å². The molecular weight excluding hydrogens is 388 g/mol. The van der Waals surface area contributed by atoms with Crippen molar-refractivity contribution in [2.24, 2.45) is 5.92 Å². The van der Waals surface area contributed by atoms with Gasteiger partial charge in [0, 0.05) is 26.2 Å². The van der Waals surface area contributed by atoms with Crippen LogP contribution in [0.4, 0.5) is 0 Å². The van der Waals surface area contributed by atoms with Crippen LogP contribution in [0.1, 0.15) is 37.3 Å². The lowest BCUT2D eigenvalue weighted by atomic mass is 9.98. The molecule has 1 atom stereocenters. The molecule has 0 bridgehead atoms. The lowest BCUT2D eigenvalue weighted by molar-refractivity contribution is -0.123. The van der Waals surface area contributed by atoms with Gasteiger partial charge in [-0.25, -0.2) is 8.42 Å².